The van der Waals surface area contributed by atoms with Crippen LogP contribution in [0.15, 0.2) is 42.5 Å². The summed E-state index contributed by atoms with van der Waals surface area (Å²) in [5, 5.41) is 5.69. The van der Waals surface area contributed by atoms with E-state index in [-0.39, 0.29) is 18.4 Å². The van der Waals surface area contributed by atoms with Gasteiger partial charge in [-0.1, -0.05) is 17.7 Å². The molecule has 2 amide bonds. The Morgan fingerprint density at radius 3 is 2.36 bits per heavy atom. The first-order chi connectivity index (χ1) is 13.4. The van der Waals surface area contributed by atoms with Gasteiger partial charge in [-0.3, -0.25) is 14.5 Å². The molecule has 1 atom stereocenters. The molecule has 2 N–H and O–H groups in total. The summed E-state index contributed by atoms with van der Waals surface area (Å²) in [5.74, 6) is 0.900. The molecule has 0 spiro atoms. The number of amides is 2. The molecular weight excluding hydrogens is 358 g/mol. The summed E-state index contributed by atoms with van der Waals surface area (Å²) in [7, 11) is 1.74. The van der Waals surface area contributed by atoms with Crippen molar-refractivity contribution in [3.8, 4) is 11.5 Å². The Kier molecular flexibility index (Phi) is 6.16. The van der Waals surface area contributed by atoms with E-state index in [2.05, 4.69) is 10.6 Å². The van der Waals surface area contributed by atoms with E-state index in [1.165, 1.54) is 0 Å². The number of nitrogens with one attached hydrogen (secondary N) is 2. The minimum Gasteiger partial charge on any atom is -0.486 e. The SMILES string of the molecule is Cc1ccc(NC(=O)CN(C)C(C)C(=O)Nc2ccc3c(c2)OCCO3)cc1. The van der Waals surface area contributed by atoms with Crippen LogP contribution in [0.3, 0.4) is 0 Å². The van der Waals surface area contributed by atoms with Gasteiger partial charge in [-0.25, -0.2) is 0 Å². The monoisotopic (exact) mass is 383 g/mol. The van der Waals surface area contributed by atoms with Crippen molar-refractivity contribution in [3.63, 3.8) is 0 Å². The average molecular weight is 383 g/mol. The molecule has 7 heteroatoms. The van der Waals surface area contributed by atoms with Crippen LogP contribution in [0, 0.1) is 6.92 Å². The number of hydrogen-bond acceptors (Lipinski definition) is 5. The van der Waals surface area contributed by atoms with E-state index >= 15 is 0 Å². The molecule has 1 aliphatic rings. The molecule has 1 unspecified atom stereocenters. The van der Waals surface area contributed by atoms with Crippen LogP contribution in [0.25, 0.3) is 0 Å². The lowest BCUT2D eigenvalue weighted by Gasteiger charge is -2.24. The summed E-state index contributed by atoms with van der Waals surface area (Å²) in [5.41, 5.74) is 2.48. The molecule has 0 bridgehead atoms. The van der Waals surface area contributed by atoms with Crippen LogP contribution in [0.5, 0.6) is 11.5 Å². The second-order valence-electron chi connectivity index (χ2n) is 6.85. The molecule has 2 aromatic rings. The molecule has 1 heterocycles. The normalized spacial score (nSPS) is 13.7. The highest BCUT2D eigenvalue weighted by atomic mass is 16.6. The third-order valence-electron chi connectivity index (χ3n) is 4.58. The number of anilines is 2. The minimum atomic E-state index is -0.489. The van der Waals surface area contributed by atoms with Crippen LogP contribution in [0.1, 0.15) is 12.5 Å². The van der Waals surface area contributed by atoms with Crippen LogP contribution >= 0.6 is 0 Å². The predicted molar refractivity (Wildman–Crippen MR) is 108 cm³/mol. The molecule has 0 radical (unpaired) electrons. The summed E-state index contributed by atoms with van der Waals surface area (Å²) in [4.78, 5) is 26.5. The Hall–Kier alpha value is -3.06. The van der Waals surface area contributed by atoms with E-state index in [0.717, 1.165) is 11.3 Å². The maximum absolute atomic E-state index is 12.5. The second kappa shape index (κ2) is 8.75. The van der Waals surface area contributed by atoms with Crippen molar-refractivity contribution in [2.45, 2.75) is 19.9 Å². The van der Waals surface area contributed by atoms with E-state index in [1.807, 2.05) is 31.2 Å². The predicted octanol–water partition coefficient (Wildman–Crippen LogP) is 2.66. The summed E-state index contributed by atoms with van der Waals surface area (Å²) < 4.78 is 11.0. The summed E-state index contributed by atoms with van der Waals surface area (Å²) >= 11 is 0. The third kappa shape index (κ3) is 5.01. The number of nitrogens with zero attached hydrogens (tertiary/aromatic N) is 1. The Morgan fingerprint density at radius 1 is 1.00 bits per heavy atom. The van der Waals surface area contributed by atoms with Crippen LogP contribution < -0.4 is 20.1 Å². The van der Waals surface area contributed by atoms with Crippen LogP contribution in [0.2, 0.25) is 0 Å². The van der Waals surface area contributed by atoms with Gasteiger partial charge in [0.2, 0.25) is 11.8 Å². The van der Waals surface area contributed by atoms with Gasteiger partial charge in [-0.15, -0.1) is 0 Å². The topological polar surface area (TPSA) is 79.9 Å². The number of fused-ring (bicyclic) bond motifs is 1. The zero-order valence-electron chi connectivity index (χ0n) is 16.3. The zero-order chi connectivity index (χ0) is 20.1. The van der Waals surface area contributed by atoms with Crippen molar-refractivity contribution in [1.82, 2.24) is 4.90 Å². The number of benzene rings is 2. The van der Waals surface area contributed by atoms with Crippen molar-refractivity contribution < 1.29 is 19.1 Å². The number of aryl methyl sites for hydroxylation is 1. The molecule has 0 aromatic heterocycles. The molecule has 2 aromatic carbocycles. The summed E-state index contributed by atoms with van der Waals surface area (Å²) in [6.45, 7) is 4.85. The molecule has 148 valence electrons. The Morgan fingerprint density at radius 2 is 1.64 bits per heavy atom. The van der Waals surface area contributed by atoms with Crippen molar-refractivity contribution in [3.05, 3.63) is 48.0 Å². The molecular formula is C21H25N3O4. The first-order valence-corrected chi connectivity index (χ1v) is 9.19. The van der Waals surface area contributed by atoms with Crippen molar-refractivity contribution >= 4 is 23.2 Å². The van der Waals surface area contributed by atoms with Gasteiger partial charge in [0.15, 0.2) is 11.5 Å². The highest BCUT2D eigenvalue weighted by molar-refractivity contribution is 5.96. The van der Waals surface area contributed by atoms with Gasteiger partial charge in [0.1, 0.15) is 13.2 Å². The van der Waals surface area contributed by atoms with Crippen LogP contribution in [-0.2, 0) is 9.59 Å². The number of likely N-dealkylation sites (N-methyl/N-ethyl adjacent to an activating group) is 1. The van der Waals surface area contributed by atoms with Gasteiger partial charge in [-0.05, 0) is 45.2 Å². The molecule has 7 nitrogen and oxygen atoms in total. The fourth-order valence-corrected chi connectivity index (χ4v) is 2.77. The average Bonchev–Trinajstić information content (AvgIpc) is 2.69. The smallest absolute Gasteiger partial charge is 0.241 e. The van der Waals surface area contributed by atoms with Crippen molar-refractivity contribution in [2.75, 3.05) is 37.4 Å². The minimum absolute atomic E-state index is 0.101. The van der Waals surface area contributed by atoms with Gasteiger partial charge in [0.05, 0.1) is 12.6 Å². The lowest BCUT2D eigenvalue weighted by molar-refractivity contribution is -0.122. The number of carbonyl (C=O) groups excluding carboxylic acids is 2. The molecule has 28 heavy (non-hydrogen) atoms. The fourth-order valence-electron chi connectivity index (χ4n) is 2.77. The van der Waals surface area contributed by atoms with Crippen molar-refractivity contribution in [1.29, 1.82) is 0 Å². The maximum Gasteiger partial charge on any atom is 0.241 e. The lowest BCUT2D eigenvalue weighted by atomic mass is 10.2. The number of rotatable bonds is 6. The molecule has 3 rings (SSSR count). The standard InChI is InChI=1S/C21H25N3O4/c1-14-4-6-16(7-5-14)22-20(25)13-24(3)15(2)21(26)23-17-8-9-18-19(12-17)28-11-10-27-18/h4-9,12,15H,10-11,13H2,1-3H3,(H,22,25)(H,23,26). The van der Waals surface area contributed by atoms with E-state index in [9.17, 15) is 9.59 Å². The molecule has 0 saturated heterocycles. The molecule has 0 saturated carbocycles. The zero-order valence-corrected chi connectivity index (χ0v) is 16.3. The number of carbonyl (C=O) groups is 2. The summed E-state index contributed by atoms with van der Waals surface area (Å²) in [6, 6.07) is 12.4. The van der Waals surface area contributed by atoms with Crippen LogP contribution in [-0.4, -0.2) is 49.6 Å². The summed E-state index contributed by atoms with van der Waals surface area (Å²) in [6.07, 6.45) is 0. The molecule has 0 aliphatic carbocycles. The van der Waals surface area contributed by atoms with E-state index in [1.54, 1.807) is 37.1 Å². The fraction of sp³-hybridized carbons (Fsp3) is 0.333. The number of ether oxygens (including phenoxy) is 2. The van der Waals surface area contributed by atoms with Crippen LogP contribution in [0.4, 0.5) is 11.4 Å². The highest BCUT2D eigenvalue weighted by Gasteiger charge is 2.21. The number of hydrogen-bond donors (Lipinski definition) is 2. The Bertz CT molecular complexity index is 851. The molecule has 0 fully saturated rings. The van der Waals surface area contributed by atoms with Crippen molar-refractivity contribution in [2.24, 2.45) is 0 Å². The lowest BCUT2D eigenvalue weighted by Crippen LogP contribution is -2.43. The van der Waals surface area contributed by atoms with E-state index < -0.39 is 6.04 Å². The second-order valence-corrected chi connectivity index (χ2v) is 6.85. The quantitative estimate of drug-likeness (QED) is 0.802. The van der Waals surface area contributed by atoms with Gasteiger partial charge in [0, 0.05) is 17.4 Å². The Labute approximate surface area is 164 Å². The largest absolute Gasteiger partial charge is 0.486 e. The molecule has 1 aliphatic heterocycles. The van der Waals surface area contributed by atoms with Gasteiger partial charge in [0.25, 0.3) is 0 Å². The van der Waals surface area contributed by atoms with E-state index in [0.29, 0.717) is 30.4 Å². The van der Waals surface area contributed by atoms with E-state index in [4.69, 9.17) is 9.47 Å². The Balaban J connectivity index is 1.53. The van der Waals surface area contributed by atoms with Gasteiger partial charge >= 0.3 is 0 Å². The highest BCUT2D eigenvalue weighted by Crippen LogP contribution is 2.32. The van der Waals surface area contributed by atoms with Gasteiger partial charge < -0.3 is 20.1 Å². The first-order valence-electron chi connectivity index (χ1n) is 9.19. The third-order valence-corrected chi connectivity index (χ3v) is 4.58. The maximum atomic E-state index is 12.5. The first kappa shape index (κ1) is 19.7. The van der Waals surface area contributed by atoms with Gasteiger partial charge in [-0.2, -0.15) is 0 Å².